The van der Waals surface area contributed by atoms with Crippen molar-refractivity contribution in [2.24, 2.45) is 10.9 Å². The van der Waals surface area contributed by atoms with E-state index in [2.05, 4.69) is 29.6 Å². The van der Waals surface area contributed by atoms with Crippen molar-refractivity contribution in [3.63, 3.8) is 0 Å². The Morgan fingerprint density at radius 1 is 1.50 bits per heavy atom. The first-order chi connectivity index (χ1) is 8.56. The van der Waals surface area contributed by atoms with Gasteiger partial charge in [0.15, 0.2) is 0 Å². The lowest BCUT2D eigenvalue weighted by Crippen LogP contribution is -2.22. The molecule has 0 saturated heterocycles. The fourth-order valence-electron chi connectivity index (χ4n) is 1.09. The molecular formula is C11H12ClN3OS2. The lowest BCUT2D eigenvalue weighted by molar-refractivity contribution is -0.117. The quantitative estimate of drug-likeness (QED) is 0.263. The van der Waals surface area contributed by atoms with E-state index in [4.69, 9.17) is 17.4 Å². The minimum absolute atomic E-state index is 0.0929. The van der Waals surface area contributed by atoms with Crippen molar-refractivity contribution in [2.45, 2.75) is 0 Å². The van der Waals surface area contributed by atoms with Gasteiger partial charge in [0, 0.05) is 10.6 Å². The van der Waals surface area contributed by atoms with Crippen LogP contribution in [0.5, 0.6) is 0 Å². The van der Waals surface area contributed by atoms with Gasteiger partial charge in [-0.15, -0.1) is 0 Å². The Morgan fingerprint density at radius 3 is 2.61 bits per heavy atom. The maximum absolute atomic E-state index is 11.1. The first-order valence-corrected chi connectivity index (χ1v) is 6.70. The topological polar surface area (TPSA) is 67.5 Å². The Kier molecular flexibility index (Phi) is 6.11. The Labute approximate surface area is 120 Å². The minimum Gasteiger partial charge on any atom is -0.322 e. The summed E-state index contributed by atoms with van der Waals surface area (Å²) in [5.41, 5.74) is 0.799. The maximum Gasteiger partial charge on any atom is 0.234 e. The van der Waals surface area contributed by atoms with E-state index in [1.165, 1.54) is 11.8 Å². The highest BCUT2D eigenvalue weighted by atomic mass is 35.5. The van der Waals surface area contributed by atoms with Crippen LogP contribution in [0.2, 0.25) is 5.02 Å². The molecule has 0 radical (unpaired) electrons. The van der Waals surface area contributed by atoms with Crippen molar-refractivity contribution in [3.8, 4) is 0 Å². The molecule has 0 unspecified atom stereocenters. The van der Waals surface area contributed by atoms with E-state index < -0.39 is 0 Å². The van der Waals surface area contributed by atoms with Crippen LogP contribution in [0.15, 0.2) is 41.0 Å². The number of nitrogens with one attached hydrogen (secondary N) is 1. The molecule has 0 saturated carbocycles. The van der Waals surface area contributed by atoms with Gasteiger partial charge in [-0.3, -0.25) is 4.79 Å². The number of hydrazone groups is 1. The van der Waals surface area contributed by atoms with Gasteiger partial charge in [-0.25, -0.2) is 0 Å². The van der Waals surface area contributed by atoms with E-state index in [0.717, 1.165) is 5.56 Å². The number of carbonyl (C=O) groups excluding carboxylic acids is 1. The number of nitrogens with two attached hydrogens (primary N) is 1. The summed E-state index contributed by atoms with van der Waals surface area (Å²) in [6.07, 6.45) is 0. The van der Waals surface area contributed by atoms with E-state index in [9.17, 15) is 4.79 Å². The normalized spacial score (nSPS) is 11.1. The lowest BCUT2D eigenvalue weighted by atomic mass is 10.2. The highest BCUT2D eigenvalue weighted by Gasteiger charge is 2.08. The van der Waals surface area contributed by atoms with Gasteiger partial charge >= 0.3 is 0 Å². The number of thioether (sulfide) groups is 1. The lowest BCUT2D eigenvalue weighted by Gasteiger charge is -2.08. The summed E-state index contributed by atoms with van der Waals surface area (Å²) < 4.78 is 0. The molecule has 0 atom stereocenters. The summed E-state index contributed by atoms with van der Waals surface area (Å²) in [5, 5.41) is 7.84. The number of benzene rings is 1. The third-order valence-corrected chi connectivity index (χ3v) is 3.27. The van der Waals surface area contributed by atoms with Crippen LogP contribution in [0.3, 0.4) is 0 Å². The summed E-state index contributed by atoms with van der Waals surface area (Å²) in [4.78, 5) is 11.1. The number of thiol groups is 1. The number of rotatable bonds is 4. The Hall–Kier alpha value is -1.11. The molecule has 1 amide bonds. The molecule has 0 fully saturated rings. The number of hydrogen-bond acceptors (Lipinski definition) is 5. The van der Waals surface area contributed by atoms with Crippen LogP contribution in [0.25, 0.3) is 0 Å². The summed E-state index contributed by atoms with van der Waals surface area (Å²) in [6, 6.07) is 7.04. The molecule has 3 N–H and O–H groups in total. The molecule has 1 aromatic rings. The van der Waals surface area contributed by atoms with Crippen LogP contribution < -0.4 is 11.2 Å². The largest absolute Gasteiger partial charge is 0.322 e. The Balaban J connectivity index is 2.71. The molecule has 0 bridgehead atoms. The fourth-order valence-corrected chi connectivity index (χ4v) is 2.00. The fraction of sp³-hybridized carbons (Fsp3) is 0.0909. The van der Waals surface area contributed by atoms with Gasteiger partial charge in [-0.2, -0.15) is 17.7 Å². The third kappa shape index (κ3) is 4.64. The monoisotopic (exact) mass is 301 g/mol. The second-order valence-corrected chi connectivity index (χ2v) is 5.01. The van der Waals surface area contributed by atoms with Gasteiger partial charge in [0.05, 0.1) is 10.8 Å². The average molecular weight is 302 g/mol. The van der Waals surface area contributed by atoms with Crippen molar-refractivity contribution in [3.05, 3.63) is 46.5 Å². The molecule has 0 aliphatic heterocycles. The van der Waals surface area contributed by atoms with Crippen LogP contribution in [-0.4, -0.2) is 16.7 Å². The van der Waals surface area contributed by atoms with E-state index in [0.29, 0.717) is 15.1 Å². The second kappa shape index (κ2) is 7.35. The van der Waals surface area contributed by atoms with Crippen molar-refractivity contribution < 1.29 is 4.79 Å². The van der Waals surface area contributed by atoms with Gasteiger partial charge in [0.2, 0.25) is 5.91 Å². The third-order valence-electron chi connectivity index (χ3n) is 1.85. The van der Waals surface area contributed by atoms with Gasteiger partial charge in [0.25, 0.3) is 0 Å². The molecule has 1 aromatic carbocycles. The summed E-state index contributed by atoms with van der Waals surface area (Å²) in [7, 11) is 0. The predicted octanol–water partition coefficient (Wildman–Crippen LogP) is 2.21. The van der Waals surface area contributed by atoms with Crippen LogP contribution in [0, 0.1) is 0 Å². The maximum atomic E-state index is 11.1. The molecule has 1 rings (SSSR count). The molecular weight excluding hydrogens is 290 g/mol. The molecule has 96 valence electrons. The molecule has 0 aliphatic rings. The van der Waals surface area contributed by atoms with Crippen molar-refractivity contribution in [1.82, 2.24) is 5.32 Å². The summed E-state index contributed by atoms with van der Waals surface area (Å²) in [5.74, 6) is 5.18. The van der Waals surface area contributed by atoms with Crippen molar-refractivity contribution >= 4 is 46.9 Å². The summed E-state index contributed by atoms with van der Waals surface area (Å²) in [6.45, 7) is 3.71. The van der Waals surface area contributed by atoms with E-state index >= 15 is 0 Å². The smallest absolute Gasteiger partial charge is 0.234 e. The van der Waals surface area contributed by atoms with Crippen molar-refractivity contribution in [2.75, 3.05) is 5.75 Å². The highest BCUT2D eigenvalue weighted by Crippen LogP contribution is 2.20. The summed E-state index contributed by atoms with van der Waals surface area (Å²) >= 11 is 10.8. The number of carbonyl (C=O) groups is 1. The number of nitrogens with zero attached hydrogens (tertiary/aromatic N) is 1. The van der Waals surface area contributed by atoms with Gasteiger partial charge < -0.3 is 11.2 Å². The molecule has 18 heavy (non-hydrogen) atoms. The van der Waals surface area contributed by atoms with E-state index in [-0.39, 0.29) is 11.7 Å². The van der Waals surface area contributed by atoms with Gasteiger partial charge in [0.1, 0.15) is 5.04 Å². The van der Waals surface area contributed by atoms with E-state index in [1.54, 1.807) is 24.3 Å². The zero-order chi connectivity index (χ0) is 13.5. The van der Waals surface area contributed by atoms with E-state index in [1.807, 2.05) is 0 Å². The second-order valence-electron chi connectivity index (χ2n) is 3.17. The zero-order valence-corrected chi connectivity index (χ0v) is 11.9. The standard InChI is InChI=1S/C11H12ClN3OS2/c1-7(14-10(16)6-17)18-11(15-13)8-2-4-9(12)5-3-8/h2-5,17H,1,6,13H2,(H,14,16)/b15-11-. The van der Waals surface area contributed by atoms with Crippen LogP contribution in [0.1, 0.15) is 5.56 Å². The molecule has 0 spiro atoms. The van der Waals surface area contributed by atoms with Crippen molar-refractivity contribution in [1.29, 1.82) is 0 Å². The SMILES string of the molecule is C=C(NC(=O)CS)S/C(=N\N)c1ccc(Cl)cc1. The zero-order valence-electron chi connectivity index (χ0n) is 9.39. The highest BCUT2D eigenvalue weighted by molar-refractivity contribution is 8.17. The molecule has 7 heteroatoms. The molecule has 0 heterocycles. The first-order valence-electron chi connectivity index (χ1n) is 4.88. The minimum atomic E-state index is -0.233. The average Bonchev–Trinajstić information content (AvgIpc) is 2.37. The molecule has 0 aliphatic carbocycles. The molecule has 0 aromatic heterocycles. The number of hydrogen-bond donors (Lipinski definition) is 3. The van der Waals surface area contributed by atoms with Crippen LogP contribution >= 0.6 is 36.0 Å². The van der Waals surface area contributed by atoms with Crippen LogP contribution in [0.4, 0.5) is 0 Å². The Bertz CT molecular complexity index is 474. The van der Waals surface area contributed by atoms with Gasteiger partial charge in [-0.1, -0.05) is 42.1 Å². The van der Waals surface area contributed by atoms with Gasteiger partial charge in [-0.05, 0) is 12.1 Å². The Morgan fingerprint density at radius 2 is 2.11 bits per heavy atom. The number of amides is 1. The van der Waals surface area contributed by atoms with Crippen LogP contribution in [-0.2, 0) is 4.79 Å². The number of halogens is 1. The predicted molar refractivity (Wildman–Crippen MR) is 80.9 cm³/mol. The molecule has 4 nitrogen and oxygen atoms in total. The first kappa shape index (κ1) is 14.9.